The van der Waals surface area contributed by atoms with Crippen LogP contribution in [0.3, 0.4) is 0 Å². The summed E-state index contributed by atoms with van der Waals surface area (Å²) in [7, 11) is 0. The van der Waals surface area contributed by atoms with Gasteiger partial charge in [0, 0.05) is 48.7 Å². The molecule has 0 saturated heterocycles. The Bertz CT molecular complexity index is 997. The SMILES string of the molecule is CC(C)C(=O)NCCCNC(=O)c1ccc(-c2cn(CCCCOCC(C)(CO)CC(C)(C)C)nn2)cc1. The second kappa shape index (κ2) is 15.0. The molecular weight excluding hydrogens is 482 g/mol. The van der Waals surface area contributed by atoms with Crippen molar-refractivity contribution in [2.75, 3.05) is 32.9 Å². The Balaban J connectivity index is 1.70. The van der Waals surface area contributed by atoms with E-state index in [2.05, 4.69) is 48.6 Å². The van der Waals surface area contributed by atoms with Crippen molar-refractivity contribution < 1.29 is 19.4 Å². The maximum Gasteiger partial charge on any atom is 0.251 e. The van der Waals surface area contributed by atoms with Crippen LogP contribution in [0.2, 0.25) is 0 Å². The second-order valence-electron chi connectivity index (χ2n) is 12.0. The summed E-state index contributed by atoms with van der Waals surface area (Å²) in [6.45, 7) is 15.4. The first-order valence-corrected chi connectivity index (χ1v) is 13.7. The van der Waals surface area contributed by atoms with Crippen molar-refractivity contribution in [2.45, 2.75) is 73.8 Å². The van der Waals surface area contributed by atoms with Gasteiger partial charge in [0.25, 0.3) is 5.91 Å². The van der Waals surface area contributed by atoms with Crippen LogP contribution in [-0.2, 0) is 16.1 Å². The van der Waals surface area contributed by atoms with E-state index in [1.54, 1.807) is 12.1 Å². The van der Waals surface area contributed by atoms with Crippen LogP contribution < -0.4 is 10.6 Å². The quantitative estimate of drug-likeness (QED) is 0.282. The number of ether oxygens (including phenoxy) is 1. The van der Waals surface area contributed by atoms with Crippen LogP contribution in [0.5, 0.6) is 0 Å². The molecule has 1 aromatic carbocycles. The van der Waals surface area contributed by atoms with Gasteiger partial charge in [0.05, 0.1) is 19.4 Å². The Hall–Kier alpha value is -2.78. The van der Waals surface area contributed by atoms with Gasteiger partial charge in [0.1, 0.15) is 5.69 Å². The monoisotopic (exact) mass is 529 g/mol. The Morgan fingerprint density at radius 3 is 2.34 bits per heavy atom. The Morgan fingerprint density at radius 2 is 1.71 bits per heavy atom. The highest BCUT2D eigenvalue weighted by atomic mass is 16.5. The minimum Gasteiger partial charge on any atom is -0.396 e. The van der Waals surface area contributed by atoms with Gasteiger partial charge >= 0.3 is 0 Å². The van der Waals surface area contributed by atoms with Crippen LogP contribution in [0.15, 0.2) is 30.5 Å². The fraction of sp³-hybridized carbons (Fsp3) is 0.655. The molecule has 0 aliphatic heterocycles. The standard InChI is InChI=1S/C29H47N5O4/c1-22(2)26(36)30-14-9-15-31-27(37)24-12-10-23(11-13-24)25-18-34(33-32-25)16-7-8-17-38-21-29(6,20-35)19-28(3,4)5/h10-13,18,22,35H,7-9,14-17,19-21H2,1-6H3,(H,30,36)(H,31,37). The predicted octanol–water partition coefficient (Wildman–Crippen LogP) is 4.07. The molecule has 212 valence electrons. The highest BCUT2D eigenvalue weighted by Crippen LogP contribution is 2.33. The third-order valence-corrected chi connectivity index (χ3v) is 6.16. The van der Waals surface area contributed by atoms with Gasteiger partial charge in [0.2, 0.25) is 5.91 Å². The number of carbonyl (C=O) groups is 2. The van der Waals surface area contributed by atoms with Gasteiger partial charge in [-0.1, -0.05) is 58.9 Å². The molecule has 2 aromatic rings. The number of benzene rings is 1. The van der Waals surface area contributed by atoms with E-state index in [0.29, 0.717) is 38.3 Å². The summed E-state index contributed by atoms with van der Waals surface area (Å²) in [5.74, 6) is -0.163. The van der Waals surface area contributed by atoms with Crippen molar-refractivity contribution in [3.8, 4) is 11.3 Å². The van der Waals surface area contributed by atoms with Gasteiger partial charge in [-0.15, -0.1) is 5.10 Å². The molecule has 9 heteroatoms. The lowest BCUT2D eigenvalue weighted by atomic mass is 9.76. The van der Waals surface area contributed by atoms with E-state index in [-0.39, 0.29) is 35.2 Å². The Labute approximate surface area is 227 Å². The molecule has 0 saturated carbocycles. The topological polar surface area (TPSA) is 118 Å². The lowest BCUT2D eigenvalue weighted by Gasteiger charge is -2.33. The van der Waals surface area contributed by atoms with Crippen LogP contribution in [0.25, 0.3) is 11.3 Å². The first kappa shape index (κ1) is 31.4. The van der Waals surface area contributed by atoms with Gasteiger partial charge in [-0.2, -0.15) is 0 Å². The van der Waals surface area contributed by atoms with Crippen molar-refractivity contribution in [1.82, 2.24) is 25.6 Å². The van der Waals surface area contributed by atoms with E-state index in [1.165, 1.54) is 0 Å². The van der Waals surface area contributed by atoms with E-state index in [1.807, 2.05) is 36.9 Å². The van der Waals surface area contributed by atoms with E-state index in [4.69, 9.17) is 4.74 Å². The van der Waals surface area contributed by atoms with Crippen molar-refractivity contribution >= 4 is 11.8 Å². The van der Waals surface area contributed by atoms with Crippen molar-refractivity contribution in [3.63, 3.8) is 0 Å². The lowest BCUT2D eigenvalue weighted by Crippen LogP contribution is -2.32. The molecule has 1 heterocycles. The summed E-state index contributed by atoms with van der Waals surface area (Å²) in [6.07, 6.45) is 5.31. The molecule has 0 spiro atoms. The van der Waals surface area contributed by atoms with Crippen molar-refractivity contribution in [2.24, 2.45) is 16.7 Å². The molecule has 0 aliphatic rings. The third-order valence-electron chi connectivity index (χ3n) is 6.16. The number of aromatic nitrogens is 3. The normalized spacial score (nSPS) is 13.4. The molecule has 1 aromatic heterocycles. The largest absolute Gasteiger partial charge is 0.396 e. The first-order chi connectivity index (χ1) is 17.9. The van der Waals surface area contributed by atoms with Crippen LogP contribution in [0, 0.1) is 16.7 Å². The van der Waals surface area contributed by atoms with E-state index < -0.39 is 0 Å². The van der Waals surface area contributed by atoms with Gasteiger partial charge < -0.3 is 20.5 Å². The average molecular weight is 530 g/mol. The predicted molar refractivity (Wildman–Crippen MR) is 150 cm³/mol. The zero-order valence-electron chi connectivity index (χ0n) is 24.0. The number of nitrogens with one attached hydrogen (secondary N) is 2. The molecule has 0 bridgehead atoms. The highest BCUT2D eigenvalue weighted by Gasteiger charge is 2.29. The number of nitrogens with zero attached hydrogens (tertiary/aromatic N) is 3. The molecule has 3 N–H and O–H groups in total. The Kier molecular flexibility index (Phi) is 12.4. The van der Waals surface area contributed by atoms with Crippen LogP contribution in [0.4, 0.5) is 0 Å². The molecule has 38 heavy (non-hydrogen) atoms. The van der Waals surface area contributed by atoms with Crippen molar-refractivity contribution in [3.05, 3.63) is 36.0 Å². The van der Waals surface area contributed by atoms with Gasteiger partial charge in [-0.05, 0) is 43.2 Å². The Morgan fingerprint density at radius 1 is 1.03 bits per heavy atom. The third kappa shape index (κ3) is 11.3. The maximum atomic E-state index is 12.4. The first-order valence-electron chi connectivity index (χ1n) is 13.7. The minimum absolute atomic E-state index is 0.0197. The molecule has 2 rings (SSSR count). The summed E-state index contributed by atoms with van der Waals surface area (Å²) >= 11 is 0. The smallest absolute Gasteiger partial charge is 0.251 e. The van der Waals surface area contributed by atoms with Crippen LogP contribution >= 0.6 is 0 Å². The molecule has 9 nitrogen and oxygen atoms in total. The van der Waals surface area contributed by atoms with Crippen molar-refractivity contribution in [1.29, 1.82) is 0 Å². The molecule has 2 amide bonds. The molecular formula is C29H47N5O4. The molecule has 0 fully saturated rings. The van der Waals surface area contributed by atoms with Crippen LogP contribution in [0.1, 0.15) is 77.6 Å². The summed E-state index contributed by atoms with van der Waals surface area (Å²) < 4.78 is 7.70. The lowest BCUT2D eigenvalue weighted by molar-refractivity contribution is -0.123. The number of hydrogen-bond donors (Lipinski definition) is 3. The summed E-state index contributed by atoms with van der Waals surface area (Å²) in [4.78, 5) is 23.9. The number of hydrogen-bond acceptors (Lipinski definition) is 6. The number of amides is 2. The fourth-order valence-corrected chi connectivity index (χ4v) is 4.37. The molecule has 0 radical (unpaired) electrons. The number of aliphatic hydroxyl groups excluding tert-OH is 1. The summed E-state index contributed by atoms with van der Waals surface area (Å²) in [6, 6.07) is 7.30. The van der Waals surface area contributed by atoms with Crippen LogP contribution in [-0.4, -0.2) is 64.8 Å². The van der Waals surface area contributed by atoms with E-state index >= 15 is 0 Å². The minimum atomic E-state index is -0.221. The number of aryl methyl sites for hydroxylation is 1. The number of carbonyl (C=O) groups excluding carboxylic acids is 2. The molecule has 0 aliphatic carbocycles. The maximum absolute atomic E-state index is 12.4. The summed E-state index contributed by atoms with van der Waals surface area (Å²) in [5, 5.41) is 24.0. The van der Waals surface area contributed by atoms with Gasteiger partial charge in [0.15, 0.2) is 0 Å². The number of aliphatic hydroxyl groups is 1. The number of rotatable bonds is 16. The highest BCUT2D eigenvalue weighted by molar-refractivity contribution is 5.94. The van der Waals surface area contributed by atoms with Gasteiger partial charge in [-0.25, -0.2) is 0 Å². The van der Waals surface area contributed by atoms with E-state index in [0.717, 1.165) is 37.1 Å². The zero-order chi connectivity index (χ0) is 28.2. The molecule has 1 atom stereocenters. The van der Waals surface area contributed by atoms with Gasteiger partial charge in [-0.3, -0.25) is 14.3 Å². The fourth-order valence-electron chi connectivity index (χ4n) is 4.37. The second-order valence-corrected chi connectivity index (χ2v) is 12.0. The zero-order valence-corrected chi connectivity index (χ0v) is 24.0. The number of unbranched alkanes of at least 4 members (excludes halogenated alkanes) is 1. The van der Waals surface area contributed by atoms with E-state index in [9.17, 15) is 14.7 Å². The molecule has 1 unspecified atom stereocenters. The summed E-state index contributed by atoms with van der Waals surface area (Å²) in [5.41, 5.74) is 2.16. The average Bonchev–Trinajstić information content (AvgIpc) is 3.33.